The number of fused-ring (bicyclic) bond motifs is 2. The van der Waals surface area contributed by atoms with E-state index >= 15 is 0 Å². The van der Waals surface area contributed by atoms with Crippen molar-refractivity contribution in [2.24, 2.45) is 0 Å². The van der Waals surface area contributed by atoms with Gasteiger partial charge in [-0.3, -0.25) is 0 Å². The van der Waals surface area contributed by atoms with Gasteiger partial charge in [-0.25, -0.2) is 0 Å². The molecule has 4 aromatic carbocycles. The fraction of sp³-hybridized carbons (Fsp3) is 0. The second kappa shape index (κ2) is 7.71. The van der Waals surface area contributed by atoms with Gasteiger partial charge < -0.3 is 0 Å². The van der Waals surface area contributed by atoms with Crippen molar-refractivity contribution in [2.45, 2.75) is 0 Å². The number of benzene rings is 4. The van der Waals surface area contributed by atoms with Gasteiger partial charge in [0.1, 0.15) is 0 Å². The predicted molar refractivity (Wildman–Crippen MR) is 85.6 cm³/mol. The van der Waals surface area contributed by atoms with E-state index in [1.165, 1.54) is 21.5 Å². The van der Waals surface area contributed by atoms with Gasteiger partial charge in [0.25, 0.3) is 0 Å². The Hall–Kier alpha value is -1.98. The standard InChI is InChI=1S/2C10H7.Zn/c2*1-2-6-10-8-4-3-7-9(10)5-1;/h2*1-3,5-8H;/q2*-1;+2. The molecule has 0 amide bonds. The summed E-state index contributed by atoms with van der Waals surface area (Å²) in [4.78, 5) is 0. The van der Waals surface area contributed by atoms with Crippen molar-refractivity contribution in [3.05, 3.63) is 97.1 Å². The van der Waals surface area contributed by atoms with Crippen molar-refractivity contribution in [1.29, 1.82) is 0 Å². The molecule has 0 aliphatic carbocycles. The van der Waals surface area contributed by atoms with Crippen molar-refractivity contribution < 1.29 is 19.5 Å². The van der Waals surface area contributed by atoms with Crippen LogP contribution in [0.15, 0.2) is 84.9 Å². The molecule has 0 atom stereocenters. The normalized spacial score (nSPS) is 9.52. The van der Waals surface area contributed by atoms with Crippen LogP contribution in [0.3, 0.4) is 0 Å². The van der Waals surface area contributed by atoms with Crippen LogP contribution in [-0.4, -0.2) is 0 Å². The third-order valence-corrected chi connectivity index (χ3v) is 3.19. The van der Waals surface area contributed by atoms with E-state index in [1.54, 1.807) is 0 Å². The zero-order valence-electron chi connectivity index (χ0n) is 11.8. The smallest absolute Gasteiger partial charge is 0.183 e. The molecule has 96 valence electrons. The van der Waals surface area contributed by atoms with Gasteiger partial charge in [-0.1, -0.05) is 36.4 Å². The van der Waals surface area contributed by atoms with Crippen LogP contribution in [0.5, 0.6) is 0 Å². The Morgan fingerprint density at radius 2 is 0.857 bits per heavy atom. The number of rotatable bonds is 0. The zero-order valence-corrected chi connectivity index (χ0v) is 14.8. The first-order valence-corrected chi connectivity index (χ1v) is 6.63. The van der Waals surface area contributed by atoms with Crippen LogP contribution in [0.4, 0.5) is 0 Å². The van der Waals surface area contributed by atoms with E-state index in [4.69, 9.17) is 0 Å². The molecule has 21 heavy (non-hydrogen) atoms. The Labute approximate surface area is 138 Å². The van der Waals surface area contributed by atoms with Crippen LogP contribution < -0.4 is 0 Å². The third kappa shape index (κ3) is 4.00. The van der Waals surface area contributed by atoms with Gasteiger partial charge >= 0.3 is 19.5 Å². The Kier molecular flexibility index (Phi) is 5.66. The van der Waals surface area contributed by atoms with E-state index in [0.29, 0.717) is 0 Å². The molecule has 0 spiro atoms. The van der Waals surface area contributed by atoms with E-state index < -0.39 is 0 Å². The SMILES string of the molecule is [Zn+2].[c-]1ccc2ccccc2c1.[c-]1ccc2ccccc2c1. The summed E-state index contributed by atoms with van der Waals surface area (Å²) in [5, 5.41) is 5.07. The first kappa shape index (κ1) is 15.4. The molecule has 0 nitrogen and oxygen atoms in total. The van der Waals surface area contributed by atoms with Gasteiger partial charge in [0.2, 0.25) is 0 Å². The molecular formula is C20H14Zn. The third-order valence-electron chi connectivity index (χ3n) is 3.19. The Balaban J connectivity index is 0.000000147. The van der Waals surface area contributed by atoms with Gasteiger partial charge in [-0.15, -0.1) is 33.7 Å². The molecular weight excluding hydrogens is 306 g/mol. The fourth-order valence-corrected chi connectivity index (χ4v) is 2.14. The van der Waals surface area contributed by atoms with E-state index in [1.807, 2.05) is 48.5 Å². The minimum absolute atomic E-state index is 0. The summed E-state index contributed by atoms with van der Waals surface area (Å²) in [5.41, 5.74) is 0. The van der Waals surface area contributed by atoms with Gasteiger partial charge in [0.05, 0.1) is 0 Å². The van der Waals surface area contributed by atoms with Crippen molar-refractivity contribution in [2.75, 3.05) is 0 Å². The van der Waals surface area contributed by atoms with Crippen LogP contribution in [0.2, 0.25) is 0 Å². The summed E-state index contributed by atoms with van der Waals surface area (Å²) >= 11 is 0. The topological polar surface area (TPSA) is 0 Å². The molecule has 0 fully saturated rings. The minimum atomic E-state index is 0. The average molecular weight is 320 g/mol. The molecule has 0 aromatic heterocycles. The second-order valence-electron chi connectivity index (χ2n) is 4.55. The molecule has 0 unspecified atom stereocenters. The largest absolute Gasteiger partial charge is 2.00 e. The Bertz CT molecular complexity index is 619. The van der Waals surface area contributed by atoms with E-state index in [2.05, 4.69) is 48.5 Å². The summed E-state index contributed by atoms with van der Waals surface area (Å²) in [5.74, 6) is 0. The molecule has 0 saturated carbocycles. The second-order valence-corrected chi connectivity index (χ2v) is 4.55. The molecule has 1 heteroatoms. The molecule has 0 heterocycles. The van der Waals surface area contributed by atoms with Crippen molar-refractivity contribution in [3.8, 4) is 0 Å². The van der Waals surface area contributed by atoms with Crippen LogP contribution in [0.1, 0.15) is 0 Å². The molecule has 4 aromatic rings. The summed E-state index contributed by atoms with van der Waals surface area (Å²) in [6.45, 7) is 0. The summed E-state index contributed by atoms with van der Waals surface area (Å²) in [6, 6.07) is 34.6. The maximum absolute atomic E-state index is 3.04. The quantitative estimate of drug-likeness (QED) is 0.306. The van der Waals surface area contributed by atoms with Gasteiger partial charge in [-0.2, -0.15) is 48.5 Å². The predicted octanol–water partition coefficient (Wildman–Crippen LogP) is 5.28. The Morgan fingerprint density at radius 3 is 1.24 bits per heavy atom. The summed E-state index contributed by atoms with van der Waals surface area (Å²) in [7, 11) is 0. The summed E-state index contributed by atoms with van der Waals surface area (Å²) in [6.07, 6.45) is 0. The molecule has 0 aliphatic heterocycles. The number of hydrogen-bond donors (Lipinski definition) is 0. The maximum atomic E-state index is 3.04. The summed E-state index contributed by atoms with van der Waals surface area (Å²) < 4.78 is 0. The van der Waals surface area contributed by atoms with Crippen LogP contribution in [-0.2, 0) is 19.5 Å². The maximum Gasteiger partial charge on any atom is 2.00 e. The molecule has 4 rings (SSSR count). The van der Waals surface area contributed by atoms with Gasteiger partial charge in [0.15, 0.2) is 0 Å². The van der Waals surface area contributed by atoms with Gasteiger partial charge in [0, 0.05) is 0 Å². The monoisotopic (exact) mass is 318 g/mol. The minimum Gasteiger partial charge on any atom is -0.183 e. The van der Waals surface area contributed by atoms with E-state index in [0.717, 1.165) is 0 Å². The Morgan fingerprint density at radius 1 is 0.476 bits per heavy atom. The van der Waals surface area contributed by atoms with Crippen molar-refractivity contribution >= 4 is 21.5 Å². The molecule has 0 N–H and O–H groups in total. The van der Waals surface area contributed by atoms with Gasteiger partial charge in [-0.05, 0) is 0 Å². The number of hydrogen-bond acceptors (Lipinski definition) is 0. The van der Waals surface area contributed by atoms with Crippen LogP contribution in [0.25, 0.3) is 21.5 Å². The fourth-order valence-electron chi connectivity index (χ4n) is 2.14. The first-order valence-electron chi connectivity index (χ1n) is 6.63. The first-order chi connectivity index (χ1) is 9.93. The van der Waals surface area contributed by atoms with Crippen molar-refractivity contribution in [1.82, 2.24) is 0 Å². The van der Waals surface area contributed by atoms with Crippen molar-refractivity contribution in [3.63, 3.8) is 0 Å². The average Bonchev–Trinajstić information content (AvgIpc) is 2.56. The van der Waals surface area contributed by atoms with E-state index in [-0.39, 0.29) is 19.5 Å². The molecule has 0 aliphatic rings. The molecule has 0 bridgehead atoms. The van der Waals surface area contributed by atoms with Crippen LogP contribution in [0, 0.1) is 12.1 Å². The molecule has 0 saturated heterocycles. The zero-order chi connectivity index (χ0) is 13.6. The van der Waals surface area contributed by atoms with Crippen LogP contribution >= 0.6 is 0 Å². The molecule has 0 radical (unpaired) electrons. The van der Waals surface area contributed by atoms with E-state index in [9.17, 15) is 0 Å².